The third kappa shape index (κ3) is 5.93. The zero-order chi connectivity index (χ0) is 20.7. The van der Waals surface area contributed by atoms with Crippen molar-refractivity contribution in [1.29, 1.82) is 0 Å². The van der Waals surface area contributed by atoms with E-state index in [1.54, 1.807) is 14.2 Å². The number of ether oxygens (including phenoxy) is 3. The highest BCUT2D eigenvalue weighted by molar-refractivity contribution is 14.0. The van der Waals surface area contributed by atoms with Gasteiger partial charge >= 0.3 is 0 Å². The molecule has 1 N–H and O–H groups in total. The average Bonchev–Trinajstić information content (AvgIpc) is 3.27. The summed E-state index contributed by atoms with van der Waals surface area (Å²) in [6, 6.07) is 6.40. The molecule has 1 aromatic carbocycles. The molecule has 0 amide bonds. The summed E-state index contributed by atoms with van der Waals surface area (Å²) >= 11 is 0. The van der Waals surface area contributed by atoms with Gasteiger partial charge in [0.05, 0.1) is 20.8 Å². The van der Waals surface area contributed by atoms with Crippen LogP contribution in [-0.4, -0.2) is 65.5 Å². The monoisotopic (exact) mass is 531 g/mol. The molecule has 6 nitrogen and oxygen atoms in total. The van der Waals surface area contributed by atoms with E-state index >= 15 is 0 Å². The van der Waals surface area contributed by atoms with Gasteiger partial charge < -0.3 is 24.4 Å². The van der Waals surface area contributed by atoms with E-state index in [1.807, 2.05) is 13.1 Å². The topological polar surface area (TPSA) is 55.3 Å². The van der Waals surface area contributed by atoms with Gasteiger partial charge in [0.25, 0.3) is 0 Å². The van der Waals surface area contributed by atoms with Crippen LogP contribution in [0.5, 0.6) is 11.5 Å². The highest BCUT2D eigenvalue weighted by Crippen LogP contribution is 2.42. The quantitative estimate of drug-likeness (QED) is 0.327. The summed E-state index contributed by atoms with van der Waals surface area (Å²) < 4.78 is 16.6. The van der Waals surface area contributed by atoms with Crippen LogP contribution in [-0.2, 0) is 10.2 Å². The molecule has 0 aromatic heterocycles. The summed E-state index contributed by atoms with van der Waals surface area (Å²) in [7, 11) is 7.38. The number of aliphatic imine (C=N–C) groups is 1. The minimum absolute atomic E-state index is 0. The summed E-state index contributed by atoms with van der Waals surface area (Å²) in [5, 5.41) is 3.68. The van der Waals surface area contributed by atoms with Crippen LogP contribution < -0.4 is 14.8 Å². The first-order valence-corrected chi connectivity index (χ1v) is 10.8. The van der Waals surface area contributed by atoms with Crippen LogP contribution >= 0.6 is 24.0 Å². The molecule has 3 rings (SSSR count). The standard InChI is InChI=1S/C23H37N3O3.HI/c1-24-22(26(2)15-18-10-13-29-16-18)25-17-23(11-6-5-7-12-23)19-8-9-20(27-3)21(14-19)28-4;/h8-9,14,18H,5-7,10-13,15-17H2,1-4H3,(H,24,25);1H. The maximum atomic E-state index is 5.58. The molecular weight excluding hydrogens is 493 g/mol. The van der Waals surface area contributed by atoms with Crippen LogP contribution in [0, 0.1) is 5.92 Å². The van der Waals surface area contributed by atoms with Gasteiger partial charge in [-0.25, -0.2) is 0 Å². The van der Waals surface area contributed by atoms with Gasteiger partial charge in [0.2, 0.25) is 0 Å². The summed E-state index contributed by atoms with van der Waals surface area (Å²) in [5.74, 6) is 3.14. The van der Waals surface area contributed by atoms with Crippen LogP contribution in [0.2, 0.25) is 0 Å². The van der Waals surface area contributed by atoms with E-state index in [2.05, 4.69) is 34.4 Å². The van der Waals surface area contributed by atoms with E-state index in [9.17, 15) is 0 Å². The van der Waals surface area contributed by atoms with Crippen molar-refractivity contribution in [3.63, 3.8) is 0 Å². The van der Waals surface area contributed by atoms with Crippen molar-refractivity contribution in [1.82, 2.24) is 10.2 Å². The predicted molar refractivity (Wildman–Crippen MR) is 133 cm³/mol. The van der Waals surface area contributed by atoms with Crippen LogP contribution in [0.3, 0.4) is 0 Å². The molecule has 2 aliphatic rings. The lowest BCUT2D eigenvalue weighted by Crippen LogP contribution is -2.48. The van der Waals surface area contributed by atoms with Crippen molar-refractivity contribution in [3.8, 4) is 11.5 Å². The SMILES string of the molecule is CN=C(NCC1(c2ccc(OC)c(OC)c2)CCCCC1)N(C)CC1CCOC1.I. The Morgan fingerprint density at radius 1 is 1.20 bits per heavy atom. The fourth-order valence-electron chi connectivity index (χ4n) is 4.80. The molecule has 0 radical (unpaired) electrons. The van der Waals surface area contributed by atoms with E-state index in [-0.39, 0.29) is 29.4 Å². The van der Waals surface area contributed by atoms with E-state index in [4.69, 9.17) is 14.2 Å². The lowest BCUT2D eigenvalue weighted by atomic mass is 9.69. The van der Waals surface area contributed by atoms with E-state index in [1.165, 1.54) is 37.7 Å². The number of halogens is 1. The van der Waals surface area contributed by atoms with Crippen molar-refractivity contribution < 1.29 is 14.2 Å². The van der Waals surface area contributed by atoms with E-state index in [0.717, 1.165) is 50.2 Å². The second-order valence-corrected chi connectivity index (χ2v) is 8.42. The highest BCUT2D eigenvalue weighted by Gasteiger charge is 2.35. The largest absolute Gasteiger partial charge is 0.493 e. The lowest BCUT2D eigenvalue weighted by molar-refractivity contribution is 0.181. The van der Waals surface area contributed by atoms with Gasteiger partial charge in [-0.3, -0.25) is 4.99 Å². The molecule has 0 bridgehead atoms. The maximum absolute atomic E-state index is 5.58. The Labute approximate surface area is 198 Å². The predicted octanol–water partition coefficient (Wildman–Crippen LogP) is 4.07. The number of benzene rings is 1. The molecule has 1 saturated heterocycles. The minimum atomic E-state index is 0. The van der Waals surface area contributed by atoms with Gasteiger partial charge in [-0.1, -0.05) is 25.3 Å². The Bertz CT molecular complexity index is 686. The van der Waals surface area contributed by atoms with Gasteiger partial charge in [0, 0.05) is 45.1 Å². The molecule has 1 aliphatic carbocycles. The minimum Gasteiger partial charge on any atom is -0.493 e. The van der Waals surface area contributed by atoms with Crippen molar-refractivity contribution in [3.05, 3.63) is 23.8 Å². The molecule has 1 heterocycles. The summed E-state index contributed by atoms with van der Waals surface area (Å²) in [6.07, 6.45) is 7.30. The molecule has 2 fully saturated rings. The Hall–Kier alpha value is -1.22. The molecular formula is C23H38IN3O3. The van der Waals surface area contributed by atoms with Crippen LogP contribution in [0.25, 0.3) is 0 Å². The zero-order valence-electron chi connectivity index (χ0n) is 18.9. The second kappa shape index (κ2) is 12.0. The van der Waals surface area contributed by atoms with Crippen molar-refractivity contribution in [2.75, 3.05) is 54.6 Å². The average molecular weight is 531 g/mol. The number of rotatable bonds is 7. The molecule has 1 unspecified atom stereocenters. The molecule has 7 heteroatoms. The van der Waals surface area contributed by atoms with E-state index in [0.29, 0.717) is 5.92 Å². The number of nitrogens with zero attached hydrogens (tertiary/aromatic N) is 2. The zero-order valence-corrected chi connectivity index (χ0v) is 21.2. The smallest absolute Gasteiger partial charge is 0.193 e. The van der Waals surface area contributed by atoms with Crippen molar-refractivity contribution >= 4 is 29.9 Å². The number of guanidine groups is 1. The summed E-state index contributed by atoms with van der Waals surface area (Å²) in [5.41, 5.74) is 1.41. The number of methoxy groups -OCH3 is 2. The number of hydrogen-bond acceptors (Lipinski definition) is 4. The third-order valence-electron chi connectivity index (χ3n) is 6.52. The Morgan fingerprint density at radius 3 is 2.53 bits per heavy atom. The highest BCUT2D eigenvalue weighted by atomic mass is 127. The number of hydrogen-bond donors (Lipinski definition) is 1. The first-order valence-electron chi connectivity index (χ1n) is 10.8. The summed E-state index contributed by atoms with van der Waals surface area (Å²) in [6.45, 7) is 3.59. The van der Waals surface area contributed by atoms with Gasteiger partial charge in [0.1, 0.15) is 0 Å². The van der Waals surface area contributed by atoms with Gasteiger partial charge in [-0.05, 0) is 37.0 Å². The number of nitrogens with one attached hydrogen (secondary N) is 1. The Morgan fingerprint density at radius 2 is 1.93 bits per heavy atom. The molecule has 1 atom stereocenters. The molecule has 1 saturated carbocycles. The normalized spacial score (nSPS) is 20.9. The van der Waals surface area contributed by atoms with Crippen molar-refractivity contribution in [2.45, 2.75) is 43.9 Å². The van der Waals surface area contributed by atoms with Crippen LogP contribution in [0.4, 0.5) is 0 Å². The Kier molecular flexibility index (Phi) is 10.0. The lowest BCUT2D eigenvalue weighted by Gasteiger charge is -2.39. The van der Waals surface area contributed by atoms with Gasteiger partial charge in [-0.15, -0.1) is 24.0 Å². The summed E-state index contributed by atoms with van der Waals surface area (Å²) in [4.78, 5) is 6.79. The molecule has 0 spiro atoms. The van der Waals surface area contributed by atoms with E-state index < -0.39 is 0 Å². The van der Waals surface area contributed by atoms with Crippen molar-refractivity contribution in [2.24, 2.45) is 10.9 Å². The van der Waals surface area contributed by atoms with Gasteiger partial charge in [0.15, 0.2) is 17.5 Å². The molecule has 1 aromatic rings. The Balaban J connectivity index is 0.00000320. The van der Waals surface area contributed by atoms with Crippen LogP contribution in [0.1, 0.15) is 44.1 Å². The maximum Gasteiger partial charge on any atom is 0.193 e. The molecule has 170 valence electrons. The fraction of sp³-hybridized carbons (Fsp3) is 0.696. The first kappa shape index (κ1) is 25.0. The van der Waals surface area contributed by atoms with Crippen LogP contribution in [0.15, 0.2) is 23.2 Å². The third-order valence-corrected chi connectivity index (χ3v) is 6.52. The fourth-order valence-corrected chi connectivity index (χ4v) is 4.80. The second-order valence-electron chi connectivity index (χ2n) is 8.42. The molecule has 30 heavy (non-hydrogen) atoms. The molecule has 1 aliphatic heterocycles. The van der Waals surface area contributed by atoms with Gasteiger partial charge in [-0.2, -0.15) is 0 Å². The first-order chi connectivity index (χ1) is 14.1.